The fraction of sp³-hybridized carbons (Fsp3) is 0.389. The maximum Gasteiger partial charge on any atom is 0.159 e. The molecule has 1 unspecified atom stereocenters. The molecule has 0 aromatic heterocycles. The van der Waals surface area contributed by atoms with Crippen molar-refractivity contribution in [2.45, 2.75) is 38.1 Å². The molecule has 3 heteroatoms. The number of carbonyl (C=O) groups is 1. The normalized spacial score (nSPS) is 18.9. The Hall–Kier alpha value is -1.61. The second-order valence-electron chi connectivity index (χ2n) is 7.07. The number of carbonyl (C=O) groups excluding carboxylic acids is 1. The van der Waals surface area contributed by atoms with Crippen LogP contribution >= 0.6 is 0 Å². The van der Waals surface area contributed by atoms with Crippen LogP contribution in [0.4, 0.5) is 0 Å². The van der Waals surface area contributed by atoms with Crippen LogP contribution in [0.25, 0.3) is 0 Å². The van der Waals surface area contributed by atoms with Gasteiger partial charge in [0.1, 0.15) is 0 Å². The highest BCUT2D eigenvalue weighted by atomic mass is 28.3. The van der Waals surface area contributed by atoms with Crippen molar-refractivity contribution in [1.82, 2.24) is 4.90 Å². The molecule has 0 bridgehead atoms. The molecule has 21 heavy (non-hydrogen) atoms. The van der Waals surface area contributed by atoms with Crippen LogP contribution in [0.5, 0.6) is 0 Å². The van der Waals surface area contributed by atoms with Gasteiger partial charge >= 0.3 is 0 Å². The summed E-state index contributed by atoms with van der Waals surface area (Å²) < 4.78 is 0. The van der Waals surface area contributed by atoms with Gasteiger partial charge in [-0.15, -0.1) is 0 Å². The van der Waals surface area contributed by atoms with Gasteiger partial charge in [-0.05, 0) is 17.7 Å². The number of ketones is 1. The number of hydrogen-bond acceptors (Lipinski definition) is 2. The van der Waals surface area contributed by atoms with Crippen LogP contribution in [0.3, 0.4) is 0 Å². The van der Waals surface area contributed by atoms with Gasteiger partial charge in [-0.2, -0.15) is 0 Å². The fourth-order valence-electron chi connectivity index (χ4n) is 2.87. The van der Waals surface area contributed by atoms with Crippen molar-refractivity contribution in [3.8, 4) is 0 Å². The topological polar surface area (TPSA) is 20.3 Å². The monoisotopic (exact) mass is 299 g/mol. The Kier molecular flexibility index (Phi) is 4.83. The van der Waals surface area contributed by atoms with E-state index in [1.54, 1.807) is 6.08 Å². The van der Waals surface area contributed by atoms with E-state index >= 15 is 0 Å². The summed E-state index contributed by atoms with van der Waals surface area (Å²) in [6, 6.07) is 11.6. The van der Waals surface area contributed by atoms with E-state index in [9.17, 15) is 4.79 Å². The van der Waals surface area contributed by atoms with Gasteiger partial charge in [0, 0.05) is 27.2 Å². The zero-order valence-corrected chi connectivity index (χ0v) is 14.3. The summed E-state index contributed by atoms with van der Waals surface area (Å²) in [5.41, 5.74) is 2.48. The van der Waals surface area contributed by atoms with Crippen LogP contribution in [0.1, 0.15) is 18.0 Å². The first kappa shape index (κ1) is 15.8. The van der Waals surface area contributed by atoms with Gasteiger partial charge in [0.05, 0.1) is 6.04 Å². The molecule has 2 nitrogen and oxygen atoms in total. The van der Waals surface area contributed by atoms with E-state index in [-0.39, 0.29) is 11.8 Å². The molecule has 1 atom stereocenters. The lowest BCUT2D eigenvalue weighted by Gasteiger charge is -2.34. The van der Waals surface area contributed by atoms with Gasteiger partial charge in [-0.3, -0.25) is 4.79 Å². The predicted molar refractivity (Wildman–Crippen MR) is 91.9 cm³/mol. The Morgan fingerprint density at radius 3 is 2.57 bits per heavy atom. The van der Waals surface area contributed by atoms with Crippen molar-refractivity contribution in [3.63, 3.8) is 0 Å². The molecule has 0 amide bonds. The molecule has 2 rings (SSSR count). The van der Waals surface area contributed by atoms with E-state index in [4.69, 9.17) is 0 Å². The number of benzene rings is 1. The quantitative estimate of drug-likeness (QED) is 0.593. The zero-order valence-electron chi connectivity index (χ0n) is 13.3. The lowest BCUT2D eigenvalue weighted by atomic mass is 9.97. The average molecular weight is 299 g/mol. The molecule has 1 aliphatic rings. The van der Waals surface area contributed by atoms with Crippen LogP contribution in [-0.2, 0) is 4.79 Å². The Morgan fingerprint density at radius 1 is 1.29 bits per heavy atom. The maximum atomic E-state index is 11.8. The summed E-state index contributed by atoms with van der Waals surface area (Å²) in [4.78, 5) is 14.0. The Morgan fingerprint density at radius 2 is 1.95 bits per heavy atom. The lowest BCUT2D eigenvalue weighted by Crippen LogP contribution is -2.32. The van der Waals surface area contributed by atoms with E-state index in [1.807, 2.05) is 24.4 Å². The van der Waals surface area contributed by atoms with Gasteiger partial charge in [0.15, 0.2) is 5.78 Å². The Labute approximate surface area is 129 Å². The van der Waals surface area contributed by atoms with E-state index < -0.39 is 8.07 Å². The first-order chi connectivity index (χ1) is 9.85. The first-order valence-electron chi connectivity index (χ1n) is 7.53. The van der Waals surface area contributed by atoms with Crippen molar-refractivity contribution in [3.05, 3.63) is 60.3 Å². The standard InChI is InChI=1S/C18H25NOSi/c1-15(14-21(2,3)4)13-19-11-10-17(20)12-18(19)16-8-6-5-7-9-16/h5-11,18H,1,12-14H2,2-4H3. The second kappa shape index (κ2) is 6.44. The molecule has 1 heterocycles. The molecule has 1 aromatic rings. The Balaban J connectivity index is 2.13. The Bertz CT molecular complexity index is 542. The summed E-state index contributed by atoms with van der Waals surface area (Å²) in [6.07, 6.45) is 4.20. The van der Waals surface area contributed by atoms with Crippen molar-refractivity contribution in [1.29, 1.82) is 0 Å². The minimum atomic E-state index is -1.14. The van der Waals surface area contributed by atoms with Gasteiger partial charge in [-0.1, -0.05) is 62.1 Å². The molecule has 112 valence electrons. The first-order valence-corrected chi connectivity index (χ1v) is 11.2. The van der Waals surface area contributed by atoms with Crippen LogP contribution in [0.2, 0.25) is 25.7 Å². The van der Waals surface area contributed by atoms with Crippen molar-refractivity contribution >= 4 is 13.9 Å². The van der Waals surface area contributed by atoms with E-state index in [1.165, 1.54) is 11.1 Å². The number of allylic oxidation sites excluding steroid dienone is 1. The third-order valence-corrected chi connectivity index (χ3v) is 5.18. The third-order valence-electron chi connectivity index (χ3n) is 3.62. The molecule has 0 saturated heterocycles. The van der Waals surface area contributed by atoms with Gasteiger partial charge in [0.2, 0.25) is 0 Å². The average Bonchev–Trinajstić information content (AvgIpc) is 2.40. The largest absolute Gasteiger partial charge is 0.366 e. The van der Waals surface area contributed by atoms with Crippen molar-refractivity contribution < 1.29 is 4.79 Å². The number of hydrogen-bond donors (Lipinski definition) is 0. The SMILES string of the molecule is C=C(CN1C=CC(=O)CC1c1ccccc1)C[Si](C)(C)C. The molecule has 0 spiro atoms. The highest BCUT2D eigenvalue weighted by Crippen LogP contribution is 2.29. The molecule has 0 N–H and O–H groups in total. The fourth-order valence-corrected chi connectivity index (χ4v) is 4.48. The summed E-state index contributed by atoms with van der Waals surface area (Å²) in [7, 11) is -1.14. The highest BCUT2D eigenvalue weighted by Gasteiger charge is 2.25. The van der Waals surface area contributed by atoms with Crippen LogP contribution in [0.15, 0.2) is 54.8 Å². The van der Waals surface area contributed by atoms with E-state index in [0.29, 0.717) is 6.42 Å². The third kappa shape index (κ3) is 4.71. The summed E-state index contributed by atoms with van der Waals surface area (Å²) >= 11 is 0. The van der Waals surface area contributed by atoms with Gasteiger partial charge in [0.25, 0.3) is 0 Å². The molecule has 0 fully saturated rings. The summed E-state index contributed by atoms with van der Waals surface area (Å²) in [5, 5.41) is 0. The van der Waals surface area contributed by atoms with Crippen LogP contribution in [0, 0.1) is 0 Å². The zero-order chi connectivity index (χ0) is 15.5. The molecule has 0 saturated carbocycles. The smallest absolute Gasteiger partial charge is 0.159 e. The van der Waals surface area contributed by atoms with Gasteiger partial charge in [-0.25, -0.2) is 0 Å². The molecule has 1 aromatic carbocycles. The highest BCUT2D eigenvalue weighted by molar-refractivity contribution is 6.76. The van der Waals surface area contributed by atoms with Crippen LogP contribution in [-0.4, -0.2) is 25.3 Å². The molecule has 0 aliphatic carbocycles. The van der Waals surface area contributed by atoms with Crippen molar-refractivity contribution in [2.75, 3.05) is 6.54 Å². The summed E-state index contributed by atoms with van der Waals surface area (Å²) in [6.45, 7) is 12.2. The van der Waals surface area contributed by atoms with Gasteiger partial charge < -0.3 is 4.90 Å². The lowest BCUT2D eigenvalue weighted by molar-refractivity contribution is -0.116. The summed E-state index contributed by atoms with van der Waals surface area (Å²) in [5.74, 6) is 0.205. The van der Waals surface area contributed by atoms with Crippen LogP contribution < -0.4 is 0 Å². The van der Waals surface area contributed by atoms with E-state index in [0.717, 1.165) is 12.6 Å². The minimum absolute atomic E-state index is 0.141. The predicted octanol–water partition coefficient (Wildman–Crippen LogP) is 4.41. The number of nitrogens with zero attached hydrogens (tertiary/aromatic N) is 1. The van der Waals surface area contributed by atoms with E-state index in [2.05, 4.69) is 43.3 Å². The molecular formula is C18H25NOSi. The maximum absolute atomic E-state index is 11.8. The molecule has 0 radical (unpaired) electrons. The molecular weight excluding hydrogens is 274 g/mol. The minimum Gasteiger partial charge on any atom is -0.366 e. The molecule has 1 aliphatic heterocycles. The van der Waals surface area contributed by atoms with Crippen molar-refractivity contribution in [2.24, 2.45) is 0 Å². The second-order valence-corrected chi connectivity index (χ2v) is 12.5. The number of rotatable bonds is 5.